The molecule has 0 aliphatic carbocycles. The Balaban J connectivity index is 2.96. The van der Waals surface area contributed by atoms with Crippen molar-refractivity contribution in [3.63, 3.8) is 0 Å². The SMILES string of the molecule is COCC(O)CN(C)C(=O)c1cc(OC)c(C)c(OC)c1. The van der Waals surface area contributed by atoms with E-state index in [-0.39, 0.29) is 19.1 Å². The van der Waals surface area contributed by atoms with Crippen LogP contribution < -0.4 is 9.47 Å². The van der Waals surface area contributed by atoms with E-state index in [0.29, 0.717) is 17.1 Å². The second-order valence-corrected chi connectivity index (χ2v) is 4.80. The third-order valence-corrected chi connectivity index (χ3v) is 3.19. The molecule has 1 aromatic carbocycles. The minimum absolute atomic E-state index is 0.179. The zero-order chi connectivity index (χ0) is 16.0. The van der Waals surface area contributed by atoms with Crippen LogP contribution in [-0.2, 0) is 4.74 Å². The molecule has 0 saturated heterocycles. The van der Waals surface area contributed by atoms with Crippen LogP contribution in [-0.4, -0.2) is 63.5 Å². The normalized spacial score (nSPS) is 11.9. The largest absolute Gasteiger partial charge is 0.496 e. The number of carbonyl (C=O) groups is 1. The summed E-state index contributed by atoms with van der Waals surface area (Å²) in [7, 11) is 6.21. The molecule has 0 spiro atoms. The quantitative estimate of drug-likeness (QED) is 0.816. The lowest BCUT2D eigenvalue weighted by Gasteiger charge is -2.21. The van der Waals surface area contributed by atoms with Gasteiger partial charge in [0.25, 0.3) is 5.91 Å². The summed E-state index contributed by atoms with van der Waals surface area (Å²) in [4.78, 5) is 13.8. The van der Waals surface area contributed by atoms with Gasteiger partial charge in [-0.05, 0) is 19.1 Å². The lowest BCUT2D eigenvalue weighted by atomic mass is 10.1. The van der Waals surface area contributed by atoms with E-state index in [4.69, 9.17) is 14.2 Å². The van der Waals surface area contributed by atoms with E-state index in [2.05, 4.69) is 0 Å². The molecule has 0 aliphatic rings. The maximum atomic E-state index is 12.4. The molecule has 6 heteroatoms. The fourth-order valence-corrected chi connectivity index (χ4v) is 2.07. The third kappa shape index (κ3) is 4.34. The van der Waals surface area contributed by atoms with Gasteiger partial charge in [-0.1, -0.05) is 0 Å². The van der Waals surface area contributed by atoms with E-state index in [9.17, 15) is 9.90 Å². The first-order chi connectivity index (χ1) is 9.94. The smallest absolute Gasteiger partial charge is 0.253 e. The Hall–Kier alpha value is -1.79. The first-order valence-corrected chi connectivity index (χ1v) is 6.59. The molecule has 1 unspecified atom stereocenters. The highest BCUT2D eigenvalue weighted by molar-refractivity contribution is 5.95. The molecule has 118 valence electrons. The number of carbonyl (C=O) groups excluding carboxylic acids is 1. The van der Waals surface area contributed by atoms with Gasteiger partial charge in [-0.2, -0.15) is 0 Å². The lowest BCUT2D eigenvalue weighted by Crippen LogP contribution is -2.36. The van der Waals surface area contributed by atoms with E-state index in [1.54, 1.807) is 33.4 Å². The second-order valence-electron chi connectivity index (χ2n) is 4.80. The van der Waals surface area contributed by atoms with Crippen LogP contribution in [0.25, 0.3) is 0 Å². The summed E-state index contributed by atoms with van der Waals surface area (Å²) in [5.41, 5.74) is 1.28. The molecule has 1 aromatic rings. The topological polar surface area (TPSA) is 68.2 Å². The molecular formula is C15H23NO5. The van der Waals surface area contributed by atoms with Gasteiger partial charge in [0.05, 0.1) is 26.9 Å². The van der Waals surface area contributed by atoms with Crippen molar-refractivity contribution in [1.29, 1.82) is 0 Å². The van der Waals surface area contributed by atoms with Gasteiger partial charge in [-0.3, -0.25) is 4.79 Å². The molecule has 6 nitrogen and oxygen atoms in total. The van der Waals surface area contributed by atoms with Crippen LogP contribution in [0.3, 0.4) is 0 Å². The van der Waals surface area contributed by atoms with Gasteiger partial charge in [0.1, 0.15) is 11.5 Å². The van der Waals surface area contributed by atoms with Gasteiger partial charge in [-0.25, -0.2) is 0 Å². The number of ether oxygens (including phenoxy) is 3. The number of hydrogen-bond donors (Lipinski definition) is 1. The van der Waals surface area contributed by atoms with Crippen molar-refractivity contribution in [2.24, 2.45) is 0 Å². The fourth-order valence-electron chi connectivity index (χ4n) is 2.07. The van der Waals surface area contributed by atoms with E-state index in [1.807, 2.05) is 6.92 Å². The van der Waals surface area contributed by atoms with Crippen LogP contribution in [0, 0.1) is 6.92 Å². The zero-order valence-corrected chi connectivity index (χ0v) is 13.2. The molecule has 0 heterocycles. The Morgan fingerprint density at radius 1 is 1.24 bits per heavy atom. The van der Waals surface area contributed by atoms with Crippen molar-refractivity contribution >= 4 is 5.91 Å². The van der Waals surface area contributed by atoms with Crippen molar-refractivity contribution in [1.82, 2.24) is 4.90 Å². The highest BCUT2D eigenvalue weighted by Crippen LogP contribution is 2.29. The molecule has 1 atom stereocenters. The number of amides is 1. The highest BCUT2D eigenvalue weighted by atomic mass is 16.5. The Morgan fingerprint density at radius 3 is 2.19 bits per heavy atom. The molecule has 1 N–H and O–H groups in total. The molecule has 0 saturated carbocycles. The summed E-state index contributed by atoms with van der Waals surface area (Å²) in [6.45, 7) is 2.22. The fraction of sp³-hybridized carbons (Fsp3) is 0.533. The van der Waals surface area contributed by atoms with Crippen molar-refractivity contribution in [3.05, 3.63) is 23.3 Å². The van der Waals surface area contributed by atoms with Crippen molar-refractivity contribution in [2.45, 2.75) is 13.0 Å². The third-order valence-electron chi connectivity index (χ3n) is 3.19. The predicted molar refractivity (Wildman–Crippen MR) is 79.1 cm³/mol. The summed E-state index contributed by atoms with van der Waals surface area (Å²) in [5.74, 6) is 0.953. The van der Waals surface area contributed by atoms with Gasteiger partial charge < -0.3 is 24.2 Å². The number of methoxy groups -OCH3 is 3. The minimum atomic E-state index is -0.724. The molecular weight excluding hydrogens is 274 g/mol. The van der Waals surface area contributed by atoms with Crippen LogP contribution in [0.1, 0.15) is 15.9 Å². The van der Waals surface area contributed by atoms with Crippen LogP contribution in [0.4, 0.5) is 0 Å². The van der Waals surface area contributed by atoms with E-state index >= 15 is 0 Å². The standard InChI is InChI=1S/C15H23NO5/c1-10-13(20-4)6-11(7-14(10)21-5)15(18)16(2)8-12(17)9-19-3/h6-7,12,17H,8-9H2,1-5H3. The van der Waals surface area contributed by atoms with Gasteiger partial charge in [0.15, 0.2) is 0 Å². The minimum Gasteiger partial charge on any atom is -0.496 e. The second kappa shape index (κ2) is 7.85. The molecule has 0 radical (unpaired) electrons. The summed E-state index contributed by atoms with van der Waals surface area (Å²) in [5, 5.41) is 9.69. The number of hydrogen-bond acceptors (Lipinski definition) is 5. The number of rotatable bonds is 7. The predicted octanol–water partition coefficient (Wildman–Crippen LogP) is 1.09. The molecule has 0 bridgehead atoms. The maximum absolute atomic E-state index is 12.4. The van der Waals surface area contributed by atoms with E-state index in [1.165, 1.54) is 12.0 Å². The summed E-state index contributed by atoms with van der Waals surface area (Å²) >= 11 is 0. The van der Waals surface area contributed by atoms with Gasteiger partial charge in [0.2, 0.25) is 0 Å². The summed E-state index contributed by atoms with van der Waals surface area (Å²) in [6.07, 6.45) is -0.724. The molecule has 0 aliphatic heterocycles. The highest BCUT2D eigenvalue weighted by Gasteiger charge is 2.18. The van der Waals surface area contributed by atoms with Crippen LogP contribution >= 0.6 is 0 Å². The number of likely N-dealkylation sites (N-methyl/N-ethyl adjacent to an activating group) is 1. The Labute approximate surface area is 125 Å². The van der Waals surface area contributed by atoms with Gasteiger partial charge >= 0.3 is 0 Å². The summed E-state index contributed by atoms with van der Waals surface area (Å²) < 4.78 is 15.4. The molecule has 0 aromatic heterocycles. The van der Waals surface area contributed by atoms with Gasteiger partial charge in [0, 0.05) is 31.8 Å². The summed E-state index contributed by atoms with van der Waals surface area (Å²) in [6, 6.07) is 3.33. The van der Waals surface area contributed by atoms with Crippen LogP contribution in [0.5, 0.6) is 11.5 Å². The molecule has 21 heavy (non-hydrogen) atoms. The first kappa shape index (κ1) is 17.3. The van der Waals surface area contributed by atoms with E-state index < -0.39 is 6.10 Å². The van der Waals surface area contributed by atoms with E-state index in [0.717, 1.165) is 5.56 Å². The van der Waals surface area contributed by atoms with Crippen molar-refractivity contribution in [2.75, 3.05) is 41.5 Å². The zero-order valence-electron chi connectivity index (χ0n) is 13.2. The van der Waals surface area contributed by atoms with Gasteiger partial charge in [-0.15, -0.1) is 0 Å². The number of nitrogens with zero attached hydrogens (tertiary/aromatic N) is 1. The lowest BCUT2D eigenvalue weighted by molar-refractivity contribution is 0.0380. The van der Waals surface area contributed by atoms with Crippen molar-refractivity contribution in [3.8, 4) is 11.5 Å². The average molecular weight is 297 g/mol. The molecule has 1 amide bonds. The maximum Gasteiger partial charge on any atom is 0.253 e. The first-order valence-electron chi connectivity index (χ1n) is 6.59. The number of benzene rings is 1. The molecule has 1 rings (SSSR count). The Bertz CT molecular complexity index is 464. The average Bonchev–Trinajstić information content (AvgIpc) is 2.46. The molecule has 0 fully saturated rings. The van der Waals surface area contributed by atoms with Crippen LogP contribution in [0.2, 0.25) is 0 Å². The Kier molecular flexibility index (Phi) is 6.45. The van der Waals surface area contributed by atoms with Crippen molar-refractivity contribution < 1.29 is 24.1 Å². The Morgan fingerprint density at radius 2 is 1.76 bits per heavy atom. The monoisotopic (exact) mass is 297 g/mol. The number of aliphatic hydroxyl groups excluding tert-OH is 1. The van der Waals surface area contributed by atoms with Crippen LogP contribution in [0.15, 0.2) is 12.1 Å². The number of aliphatic hydroxyl groups is 1.